The van der Waals surface area contributed by atoms with E-state index >= 15 is 0 Å². The van der Waals surface area contributed by atoms with Crippen LogP contribution in [-0.2, 0) is 14.4 Å². The summed E-state index contributed by atoms with van der Waals surface area (Å²) in [6.45, 7) is 0.518. The summed E-state index contributed by atoms with van der Waals surface area (Å²) in [7, 11) is 0. The maximum Gasteiger partial charge on any atom is 0.246 e. The van der Waals surface area contributed by atoms with Crippen LogP contribution in [0.1, 0.15) is 12.8 Å². The topological polar surface area (TPSA) is 92.3 Å². The lowest BCUT2D eigenvalue weighted by atomic mass is 10.4. The first kappa shape index (κ1) is 15.9. The summed E-state index contributed by atoms with van der Waals surface area (Å²) in [5.74, 6) is -0.799. The Bertz CT molecular complexity index is 761. The Morgan fingerprint density at radius 1 is 1.35 bits per heavy atom. The van der Waals surface area contributed by atoms with E-state index in [0.29, 0.717) is 18.0 Å². The van der Waals surface area contributed by atoms with Gasteiger partial charge in [-0.05, 0) is 17.9 Å². The molecule has 120 valence electrons. The van der Waals surface area contributed by atoms with Gasteiger partial charge in [0.1, 0.15) is 16.2 Å². The normalized spacial score (nSPS) is 14.4. The minimum absolute atomic E-state index is 0.0391. The second-order valence-electron chi connectivity index (χ2n) is 5.00. The molecule has 0 unspecified atom stereocenters. The lowest BCUT2D eigenvalue weighted by Gasteiger charge is -2.14. The summed E-state index contributed by atoms with van der Waals surface area (Å²) in [5, 5.41) is 5.85. The molecule has 3 rings (SSSR count). The van der Waals surface area contributed by atoms with Gasteiger partial charge >= 0.3 is 0 Å². The molecular formula is C14H14N4O3S2. The standard InChI is InChI=1S/C14H14N4O3S2/c19-10(6-18-4-1-2-12(18)21)17-11(20)7-23-14-9-3-5-22-13(9)15-8-16-14/h3,5,8H,1-2,4,6-7H2,(H,17,19,20). The van der Waals surface area contributed by atoms with Gasteiger partial charge in [-0.2, -0.15) is 0 Å². The third-order valence-electron chi connectivity index (χ3n) is 3.35. The Balaban J connectivity index is 1.50. The first-order chi connectivity index (χ1) is 11.1. The minimum Gasteiger partial charge on any atom is -0.333 e. The largest absolute Gasteiger partial charge is 0.333 e. The molecule has 3 heterocycles. The Labute approximate surface area is 140 Å². The summed E-state index contributed by atoms with van der Waals surface area (Å²) in [4.78, 5) is 45.7. The quantitative estimate of drug-likeness (QED) is 0.640. The average molecular weight is 350 g/mol. The van der Waals surface area contributed by atoms with E-state index in [1.165, 1.54) is 34.3 Å². The van der Waals surface area contributed by atoms with Gasteiger partial charge in [-0.1, -0.05) is 11.8 Å². The number of likely N-dealkylation sites (tertiary alicyclic amines) is 1. The molecular weight excluding hydrogens is 336 g/mol. The van der Waals surface area contributed by atoms with Crippen LogP contribution in [0.25, 0.3) is 10.2 Å². The van der Waals surface area contributed by atoms with Crippen LogP contribution in [0.15, 0.2) is 22.8 Å². The highest BCUT2D eigenvalue weighted by Crippen LogP contribution is 2.27. The number of rotatable bonds is 5. The Kier molecular flexibility index (Phi) is 4.87. The highest BCUT2D eigenvalue weighted by Gasteiger charge is 2.23. The van der Waals surface area contributed by atoms with Crippen LogP contribution in [-0.4, -0.2) is 51.4 Å². The average Bonchev–Trinajstić information content (AvgIpc) is 3.14. The summed E-state index contributed by atoms with van der Waals surface area (Å²) in [5.41, 5.74) is 0. The number of imide groups is 1. The van der Waals surface area contributed by atoms with Gasteiger partial charge in [0, 0.05) is 18.4 Å². The van der Waals surface area contributed by atoms with Crippen molar-refractivity contribution in [1.29, 1.82) is 0 Å². The van der Waals surface area contributed by atoms with E-state index in [4.69, 9.17) is 0 Å². The van der Waals surface area contributed by atoms with Crippen molar-refractivity contribution in [2.45, 2.75) is 17.9 Å². The van der Waals surface area contributed by atoms with E-state index in [9.17, 15) is 14.4 Å². The fourth-order valence-corrected chi connectivity index (χ4v) is 3.87. The van der Waals surface area contributed by atoms with Gasteiger partial charge in [-0.15, -0.1) is 11.3 Å². The number of fused-ring (bicyclic) bond motifs is 1. The minimum atomic E-state index is -0.450. The molecule has 1 aliphatic rings. The van der Waals surface area contributed by atoms with E-state index in [1.807, 2.05) is 11.4 Å². The number of nitrogens with one attached hydrogen (secondary N) is 1. The third kappa shape index (κ3) is 3.85. The van der Waals surface area contributed by atoms with Crippen molar-refractivity contribution in [3.8, 4) is 0 Å². The van der Waals surface area contributed by atoms with Crippen molar-refractivity contribution in [2.75, 3.05) is 18.8 Å². The SMILES string of the molecule is O=C(CSc1ncnc2sccc12)NC(=O)CN1CCCC1=O. The van der Waals surface area contributed by atoms with Crippen LogP contribution in [0, 0.1) is 0 Å². The van der Waals surface area contributed by atoms with Gasteiger partial charge in [0.2, 0.25) is 17.7 Å². The lowest BCUT2D eigenvalue weighted by molar-refractivity contribution is -0.135. The summed E-state index contributed by atoms with van der Waals surface area (Å²) >= 11 is 2.77. The molecule has 23 heavy (non-hydrogen) atoms. The predicted molar refractivity (Wildman–Crippen MR) is 87.1 cm³/mol. The molecule has 0 radical (unpaired) electrons. The number of carbonyl (C=O) groups excluding carboxylic acids is 3. The van der Waals surface area contributed by atoms with Gasteiger partial charge < -0.3 is 4.90 Å². The van der Waals surface area contributed by atoms with E-state index in [-0.39, 0.29) is 18.2 Å². The fourth-order valence-electron chi connectivity index (χ4n) is 2.29. The third-order valence-corrected chi connectivity index (χ3v) is 5.18. The highest BCUT2D eigenvalue weighted by atomic mass is 32.2. The summed E-state index contributed by atoms with van der Waals surface area (Å²) in [6.07, 6.45) is 2.70. The van der Waals surface area contributed by atoms with Crippen LogP contribution >= 0.6 is 23.1 Å². The smallest absolute Gasteiger partial charge is 0.246 e. The maximum atomic E-state index is 11.9. The molecule has 0 spiro atoms. The molecule has 1 saturated heterocycles. The zero-order chi connectivity index (χ0) is 16.2. The number of amides is 3. The number of nitrogens with zero attached hydrogens (tertiary/aromatic N) is 3. The Morgan fingerprint density at radius 3 is 3.00 bits per heavy atom. The van der Waals surface area contributed by atoms with Crippen LogP contribution in [0.2, 0.25) is 0 Å². The van der Waals surface area contributed by atoms with Crippen LogP contribution < -0.4 is 5.32 Å². The molecule has 1 aliphatic heterocycles. The van der Waals surface area contributed by atoms with Crippen LogP contribution in [0.5, 0.6) is 0 Å². The Hall–Kier alpha value is -2.00. The van der Waals surface area contributed by atoms with E-state index in [0.717, 1.165) is 16.6 Å². The lowest BCUT2D eigenvalue weighted by Crippen LogP contribution is -2.41. The number of thioether (sulfide) groups is 1. The molecule has 1 N–H and O–H groups in total. The first-order valence-electron chi connectivity index (χ1n) is 7.05. The second-order valence-corrected chi connectivity index (χ2v) is 6.86. The maximum absolute atomic E-state index is 11.9. The van der Waals surface area contributed by atoms with Crippen LogP contribution in [0.4, 0.5) is 0 Å². The first-order valence-corrected chi connectivity index (χ1v) is 8.91. The van der Waals surface area contributed by atoms with Crippen molar-refractivity contribution in [3.05, 3.63) is 17.8 Å². The van der Waals surface area contributed by atoms with Gasteiger partial charge in [0.15, 0.2) is 0 Å². The number of aromatic nitrogens is 2. The van der Waals surface area contributed by atoms with Gasteiger partial charge in [-0.3, -0.25) is 19.7 Å². The molecule has 1 fully saturated rings. The van der Waals surface area contributed by atoms with Crippen molar-refractivity contribution in [1.82, 2.24) is 20.2 Å². The second kappa shape index (κ2) is 7.05. The molecule has 3 amide bonds. The van der Waals surface area contributed by atoms with Crippen molar-refractivity contribution >= 4 is 51.0 Å². The van der Waals surface area contributed by atoms with Crippen LogP contribution in [0.3, 0.4) is 0 Å². The molecule has 0 saturated carbocycles. The van der Waals surface area contributed by atoms with Gasteiger partial charge in [0.25, 0.3) is 0 Å². The molecule has 0 atom stereocenters. The van der Waals surface area contributed by atoms with Gasteiger partial charge in [0.05, 0.1) is 12.3 Å². The molecule has 0 aromatic carbocycles. The number of hydrogen-bond donors (Lipinski definition) is 1. The van der Waals surface area contributed by atoms with E-state index in [1.54, 1.807) is 0 Å². The van der Waals surface area contributed by atoms with Crippen molar-refractivity contribution in [3.63, 3.8) is 0 Å². The molecule has 0 bridgehead atoms. The zero-order valence-corrected chi connectivity index (χ0v) is 13.8. The monoisotopic (exact) mass is 350 g/mol. The van der Waals surface area contributed by atoms with Crippen molar-refractivity contribution in [2.24, 2.45) is 0 Å². The molecule has 2 aromatic heterocycles. The molecule has 0 aliphatic carbocycles. The van der Waals surface area contributed by atoms with Crippen molar-refractivity contribution < 1.29 is 14.4 Å². The number of thiophene rings is 1. The number of carbonyl (C=O) groups is 3. The number of hydrogen-bond acceptors (Lipinski definition) is 7. The zero-order valence-electron chi connectivity index (χ0n) is 12.2. The fraction of sp³-hybridized carbons (Fsp3) is 0.357. The highest BCUT2D eigenvalue weighted by molar-refractivity contribution is 8.00. The molecule has 9 heteroatoms. The van der Waals surface area contributed by atoms with Gasteiger partial charge in [-0.25, -0.2) is 9.97 Å². The summed E-state index contributed by atoms with van der Waals surface area (Å²) < 4.78 is 0. The molecule has 7 nitrogen and oxygen atoms in total. The summed E-state index contributed by atoms with van der Waals surface area (Å²) in [6, 6.07) is 1.91. The molecule has 2 aromatic rings. The Morgan fingerprint density at radius 2 is 2.22 bits per heavy atom. The van der Waals surface area contributed by atoms with E-state index in [2.05, 4.69) is 15.3 Å². The van der Waals surface area contributed by atoms with E-state index < -0.39 is 11.8 Å². The predicted octanol–water partition coefficient (Wildman–Crippen LogP) is 1.05.